The van der Waals surface area contributed by atoms with Crippen LogP contribution < -0.4 is 11.1 Å². The Hall–Kier alpha value is -1.81. The fraction of sp³-hybridized carbons (Fsp3) is 0.400. The molecule has 2 rings (SSSR count). The summed E-state index contributed by atoms with van der Waals surface area (Å²) in [5, 5.41) is 4.09. The third-order valence-electron chi connectivity index (χ3n) is 2.92. The molecule has 4 heteroatoms. The number of hydrogen-bond donors (Lipinski definition) is 2. The second-order valence-corrected chi connectivity index (χ2v) is 5.80. The van der Waals surface area contributed by atoms with Crippen molar-refractivity contribution >= 4 is 16.8 Å². The molecule has 0 fully saturated rings. The molecule has 0 unspecified atom stereocenters. The van der Waals surface area contributed by atoms with Crippen LogP contribution in [0.15, 0.2) is 30.5 Å². The number of para-hydroxylation sites is 1. The van der Waals surface area contributed by atoms with Crippen LogP contribution in [0.4, 0.5) is 0 Å². The summed E-state index contributed by atoms with van der Waals surface area (Å²) in [5.41, 5.74) is 7.66. The van der Waals surface area contributed by atoms with E-state index >= 15 is 0 Å². The molecule has 0 atom stereocenters. The molecule has 0 aliphatic carbocycles. The quantitative estimate of drug-likeness (QED) is 0.886. The Bertz CT molecular complexity index is 593. The van der Waals surface area contributed by atoms with Gasteiger partial charge in [0.15, 0.2) is 0 Å². The summed E-state index contributed by atoms with van der Waals surface area (Å²) in [4.78, 5) is 12.0. The summed E-state index contributed by atoms with van der Waals surface area (Å²) < 4.78 is 1.96. The molecule has 0 spiro atoms. The van der Waals surface area contributed by atoms with Gasteiger partial charge in [0.2, 0.25) is 5.91 Å². The van der Waals surface area contributed by atoms with Gasteiger partial charge in [0.25, 0.3) is 0 Å². The molecule has 1 aromatic carbocycles. The lowest BCUT2D eigenvalue weighted by Crippen LogP contribution is -2.42. The predicted molar refractivity (Wildman–Crippen MR) is 77.7 cm³/mol. The van der Waals surface area contributed by atoms with Crippen LogP contribution in [0.5, 0.6) is 0 Å². The van der Waals surface area contributed by atoms with E-state index in [9.17, 15) is 4.79 Å². The van der Waals surface area contributed by atoms with Gasteiger partial charge in [-0.2, -0.15) is 0 Å². The molecule has 1 aromatic heterocycles. The van der Waals surface area contributed by atoms with Crippen molar-refractivity contribution in [2.45, 2.75) is 39.4 Å². The number of fused-ring (bicyclic) bond motifs is 1. The molecule has 4 nitrogen and oxygen atoms in total. The van der Waals surface area contributed by atoms with Crippen molar-refractivity contribution in [2.24, 2.45) is 5.73 Å². The highest BCUT2D eigenvalue weighted by Crippen LogP contribution is 2.20. The third-order valence-corrected chi connectivity index (χ3v) is 2.92. The van der Waals surface area contributed by atoms with E-state index in [2.05, 4.69) is 5.32 Å². The molecule has 3 N–H and O–H groups in total. The zero-order valence-corrected chi connectivity index (χ0v) is 11.7. The molecule has 0 saturated carbocycles. The van der Waals surface area contributed by atoms with Crippen LogP contribution in [0.3, 0.4) is 0 Å². The maximum absolute atomic E-state index is 12.0. The summed E-state index contributed by atoms with van der Waals surface area (Å²) in [6, 6.07) is 8.04. The van der Waals surface area contributed by atoms with Crippen molar-refractivity contribution in [3.8, 4) is 0 Å². The van der Waals surface area contributed by atoms with E-state index in [-0.39, 0.29) is 11.4 Å². The standard InChI is InChI=1S/C15H21N3O/c1-15(2,3)17-13(19)10-18-8-7-11-5-4-6-12(9-16)14(11)18/h4-8H,9-10,16H2,1-3H3,(H,17,19). The normalized spacial score (nSPS) is 11.8. The summed E-state index contributed by atoms with van der Waals surface area (Å²) >= 11 is 0. The average Bonchev–Trinajstić information content (AvgIpc) is 2.70. The fourth-order valence-electron chi connectivity index (χ4n) is 2.25. The summed E-state index contributed by atoms with van der Waals surface area (Å²) in [6.07, 6.45) is 1.94. The van der Waals surface area contributed by atoms with Crippen molar-refractivity contribution in [1.29, 1.82) is 0 Å². The second-order valence-electron chi connectivity index (χ2n) is 5.80. The average molecular weight is 259 g/mol. The van der Waals surface area contributed by atoms with Crippen molar-refractivity contribution in [1.82, 2.24) is 9.88 Å². The number of aromatic nitrogens is 1. The van der Waals surface area contributed by atoms with Crippen LogP contribution in [0.25, 0.3) is 10.9 Å². The third kappa shape index (κ3) is 3.15. The van der Waals surface area contributed by atoms with E-state index < -0.39 is 0 Å². The Morgan fingerprint density at radius 2 is 2.05 bits per heavy atom. The maximum atomic E-state index is 12.0. The van der Waals surface area contributed by atoms with E-state index in [0.29, 0.717) is 13.1 Å². The van der Waals surface area contributed by atoms with Gasteiger partial charge in [0.1, 0.15) is 6.54 Å². The van der Waals surface area contributed by atoms with Crippen molar-refractivity contribution in [3.05, 3.63) is 36.0 Å². The van der Waals surface area contributed by atoms with Crippen LogP contribution in [0.2, 0.25) is 0 Å². The first kappa shape index (κ1) is 13.6. The van der Waals surface area contributed by atoms with Gasteiger partial charge in [-0.15, -0.1) is 0 Å². The van der Waals surface area contributed by atoms with Crippen LogP contribution in [-0.2, 0) is 17.9 Å². The van der Waals surface area contributed by atoms with Gasteiger partial charge < -0.3 is 15.6 Å². The SMILES string of the molecule is CC(C)(C)NC(=O)Cn1ccc2cccc(CN)c21. The first-order chi connectivity index (χ1) is 8.90. The second kappa shape index (κ2) is 5.05. The Balaban J connectivity index is 2.29. The fourth-order valence-corrected chi connectivity index (χ4v) is 2.25. The summed E-state index contributed by atoms with van der Waals surface area (Å²) in [5.74, 6) is 0.0109. The number of carbonyl (C=O) groups is 1. The van der Waals surface area contributed by atoms with Crippen molar-refractivity contribution in [2.75, 3.05) is 0 Å². The highest BCUT2D eigenvalue weighted by Gasteiger charge is 2.15. The molecule has 0 aliphatic rings. The van der Waals surface area contributed by atoms with Crippen LogP contribution >= 0.6 is 0 Å². The molecule has 2 aromatic rings. The number of hydrogen-bond acceptors (Lipinski definition) is 2. The molecule has 1 amide bonds. The smallest absolute Gasteiger partial charge is 0.240 e. The number of amides is 1. The molecule has 19 heavy (non-hydrogen) atoms. The molecule has 0 aliphatic heterocycles. The Morgan fingerprint density at radius 1 is 1.32 bits per heavy atom. The molecular weight excluding hydrogens is 238 g/mol. The van der Waals surface area contributed by atoms with Gasteiger partial charge in [-0.05, 0) is 37.8 Å². The molecule has 0 bridgehead atoms. The van der Waals surface area contributed by atoms with Crippen molar-refractivity contribution < 1.29 is 4.79 Å². The Labute approximate surface area is 113 Å². The molecule has 102 valence electrons. The zero-order chi connectivity index (χ0) is 14.0. The maximum Gasteiger partial charge on any atom is 0.240 e. The number of carbonyl (C=O) groups excluding carboxylic acids is 1. The largest absolute Gasteiger partial charge is 0.350 e. The number of nitrogens with two attached hydrogens (primary N) is 1. The van der Waals surface area contributed by atoms with E-state index in [1.165, 1.54) is 0 Å². The Kier molecular flexibility index (Phi) is 3.62. The molecule has 1 heterocycles. The minimum absolute atomic E-state index is 0.0109. The minimum atomic E-state index is -0.212. The summed E-state index contributed by atoms with van der Waals surface area (Å²) in [6.45, 7) is 6.72. The van der Waals surface area contributed by atoms with E-state index in [4.69, 9.17) is 5.73 Å². The highest BCUT2D eigenvalue weighted by molar-refractivity contribution is 5.85. The van der Waals surface area contributed by atoms with Crippen LogP contribution in [-0.4, -0.2) is 16.0 Å². The highest BCUT2D eigenvalue weighted by atomic mass is 16.2. The van der Waals surface area contributed by atoms with Crippen LogP contribution in [0, 0.1) is 0 Å². The first-order valence-corrected chi connectivity index (χ1v) is 6.48. The number of benzene rings is 1. The zero-order valence-electron chi connectivity index (χ0n) is 11.7. The van der Waals surface area contributed by atoms with Gasteiger partial charge in [-0.1, -0.05) is 18.2 Å². The predicted octanol–water partition coefficient (Wildman–Crippen LogP) is 2.01. The number of nitrogens with one attached hydrogen (secondary N) is 1. The number of rotatable bonds is 3. The molecular formula is C15H21N3O. The van der Waals surface area contributed by atoms with E-state index in [0.717, 1.165) is 16.5 Å². The monoisotopic (exact) mass is 259 g/mol. The topological polar surface area (TPSA) is 60.0 Å². The summed E-state index contributed by atoms with van der Waals surface area (Å²) in [7, 11) is 0. The van der Waals surface area contributed by atoms with Gasteiger partial charge >= 0.3 is 0 Å². The van der Waals surface area contributed by atoms with Crippen LogP contribution in [0.1, 0.15) is 26.3 Å². The Morgan fingerprint density at radius 3 is 2.68 bits per heavy atom. The van der Waals surface area contributed by atoms with E-state index in [1.807, 2.05) is 55.8 Å². The number of nitrogens with zero attached hydrogens (tertiary/aromatic N) is 1. The van der Waals surface area contributed by atoms with Gasteiger partial charge in [-0.25, -0.2) is 0 Å². The lowest BCUT2D eigenvalue weighted by molar-refractivity contribution is -0.123. The minimum Gasteiger partial charge on any atom is -0.350 e. The lowest BCUT2D eigenvalue weighted by Gasteiger charge is -2.21. The van der Waals surface area contributed by atoms with Gasteiger partial charge in [-0.3, -0.25) is 4.79 Å². The molecule has 0 saturated heterocycles. The van der Waals surface area contributed by atoms with E-state index in [1.54, 1.807) is 0 Å². The molecule has 0 radical (unpaired) electrons. The first-order valence-electron chi connectivity index (χ1n) is 6.48. The van der Waals surface area contributed by atoms with Crippen molar-refractivity contribution in [3.63, 3.8) is 0 Å². The van der Waals surface area contributed by atoms with Gasteiger partial charge in [0, 0.05) is 18.3 Å². The lowest BCUT2D eigenvalue weighted by atomic mass is 10.1. The van der Waals surface area contributed by atoms with Gasteiger partial charge in [0.05, 0.1) is 5.52 Å².